The molecule has 0 aliphatic heterocycles. The van der Waals surface area contributed by atoms with E-state index in [1.54, 1.807) is 0 Å². The van der Waals surface area contributed by atoms with E-state index in [2.05, 4.69) is 9.97 Å². The average molecular weight is 248 g/mol. The summed E-state index contributed by atoms with van der Waals surface area (Å²) < 4.78 is 5.07. The van der Waals surface area contributed by atoms with Crippen LogP contribution < -0.4 is 0 Å². The molecule has 1 saturated carbocycles. The van der Waals surface area contributed by atoms with Crippen molar-refractivity contribution in [2.75, 3.05) is 6.61 Å². The van der Waals surface area contributed by atoms with Gasteiger partial charge in [0.25, 0.3) is 0 Å². The van der Waals surface area contributed by atoms with E-state index in [4.69, 9.17) is 4.74 Å². The molecule has 0 spiro atoms. The van der Waals surface area contributed by atoms with Crippen molar-refractivity contribution in [1.29, 1.82) is 0 Å². The predicted octanol–water partition coefficient (Wildman–Crippen LogP) is 2.62. The Bertz CT molecular complexity index is 395. The number of esters is 1. The van der Waals surface area contributed by atoms with Crippen molar-refractivity contribution in [3.63, 3.8) is 0 Å². The molecule has 0 bridgehead atoms. The molecule has 1 heterocycles. The third kappa shape index (κ3) is 3.06. The molecule has 0 aromatic carbocycles. The summed E-state index contributed by atoms with van der Waals surface area (Å²) in [6.07, 6.45) is 7.70. The maximum Gasteiger partial charge on any atom is 0.308 e. The Hall–Kier alpha value is -1.45. The van der Waals surface area contributed by atoms with Gasteiger partial charge in [0, 0.05) is 12.4 Å². The van der Waals surface area contributed by atoms with Gasteiger partial charge in [-0.05, 0) is 51.0 Å². The molecule has 0 radical (unpaired) electrons. The number of carbonyl (C=O) groups is 1. The fourth-order valence-electron chi connectivity index (χ4n) is 2.54. The molecule has 0 saturated heterocycles. The molecule has 0 N–H and O–H groups in total. The van der Waals surface area contributed by atoms with Gasteiger partial charge in [-0.2, -0.15) is 0 Å². The van der Waals surface area contributed by atoms with Crippen molar-refractivity contribution in [3.8, 4) is 0 Å². The van der Waals surface area contributed by atoms with Crippen molar-refractivity contribution in [1.82, 2.24) is 9.97 Å². The third-order valence-electron chi connectivity index (χ3n) is 3.62. The van der Waals surface area contributed by atoms with Crippen molar-refractivity contribution in [2.24, 2.45) is 5.92 Å². The van der Waals surface area contributed by atoms with Gasteiger partial charge in [-0.25, -0.2) is 9.97 Å². The van der Waals surface area contributed by atoms with Crippen LogP contribution in [0.4, 0.5) is 0 Å². The van der Waals surface area contributed by atoms with Gasteiger partial charge < -0.3 is 4.74 Å². The molecule has 1 aliphatic rings. The smallest absolute Gasteiger partial charge is 0.308 e. The first-order valence-electron chi connectivity index (χ1n) is 6.66. The minimum absolute atomic E-state index is 0.0314. The SMILES string of the molecule is CCOC(=O)[C@H]1CC[C@H](c2cnc(C)nc2)CC1. The zero-order chi connectivity index (χ0) is 13.0. The Morgan fingerprint density at radius 3 is 2.44 bits per heavy atom. The van der Waals surface area contributed by atoms with Gasteiger partial charge in [0.05, 0.1) is 12.5 Å². The summed E-state index contributed by atoms with van der Waals surface area (Å²) in [5.74, 6) is 1.36. The minimum atomic E-state index is -0.0314. The van der Waals surface area contributed by atoms with Crippen LogP contribution in [0.5, 0.6) is 0 Å². The molecule has 0 atom stereocenters. The molecule has 0 unspecified atom stereocenters. The molecule has 98 valence electrons. The van der Waals surface area contributed by atoms with Crippen LogP contribution in [0.15, 0.2) is 12.4 Å². The molecule has 1 aromatic heterocycles. The normalized spacial score (nSPS) is 23.7. The van der Waals surface area contributed by atoms with Crippen molar-refractivity contribution >= 4 is 5.97 Å². The van der Waals surface area contributed by atoms with E-state index in [9.17, 15) is 4.79 Å². The Kier molecular flexibility index (Phi) is 4.28. The summed E-state index contributed by atoms with van der Waals surface area (Å²) in [7, 11) is 0. The molecule has 4 nitrogen and oxygen atoms in total. The first kappa shape index (κ1) is 13.0. The van der Waals surface area contributed by atoms with Gasteiger partial charge in [-0.1, -0.05) is 0 Å². The Morgan fingerprint density at radius 1 is 1.28 bits per heavy atom. The number of aromatic nitrogens is 2. The van der Waals surface area contributed by atoms with E-state index < -0.39 is 0 Å². The van der Waals surface area contributed by atoms with Gasteiger partial charge in [0.2, 0.25) is 0 Å². The largest absolute Gasteiger partial charge is 0.466 e. The number of aryl methyl sites for hydroxylation is 1. The van der Waals surface area contributed by atoms with E-state index in [1.807, 2.05) is 26.2 Å². The lowest BCUT2D eigenvalue weighted by atomic mass is 9.79. The summed E-state index contributed by atoms with van der Waals surface area (Å²) in [5.41, 5.74) is 1.20. The zero-order valence-corrected chi connectivity index (χ0v) is 11.1. The molecule has 2 rings (SSSR count). The van der Waals surface area contributed by atoms with Crippen LogP contribution in [0.3, 0.4) is 0 Å². The van der Waals surface area contributed by atoms with Gasteiger partial charge in [0.1, 0.15) is 5.82 Å². The van der Waals surface area contributed by atoms with Crippen molar-refractivity contribution in [3.05, 3.63) is 23.8 Å². The lowest BCUT2D eigenvalue weighted by Crippen LogP contribution is -2.23. The van der Waals surface area contributed by atoms with Gasteiger partial charge in [0.15, 0.2) is 0 Å². The molecule has 1 aromatic rings. The number of nitrogens with zero attached hydrogens (tertiary/aromatic N) is 2. The summed E-state index contributed by atoms with van der Waals surface area (Å²) in [5, 5.41) is 0. The van der Waals surface area contributed by atoms with Crippen LogP contribution in [0.1, 0.15) is 49.9 Å². The average Bonchev–Trinajstić information content (AvgIpc) is 2.40. The first-order valence-corrected chi connectivity index (χ1v) is 6.66. The monoisotopic (exact) mass is 248 g/mol. The molecule has 4 heteroatoms. The van der Waals surface area contributed by atoms with E-state index >= 15 is 0 Å². The highest BCUT2D eigenvalue weighted by Gasteiger charge is 2.28. The zero-order valence-electron chi connectivity index (χ0n) is 11.1. The Balaban J connectivity index is 1.90. The van der Waals surface area contributed by atoms with Crippen molar-refractivity contribution < 1.29 is 9.53 Å². The highest BCUT2D eigenvalue weighted by molar-refractivity contribution is 5.72. The number of hydrogen-bond acceptors (Lipinski definition) is 4. The van der Waals surface area contributed by atoms with Gasteiger partial charge >= 0.3 is 5.97 Å². The quantitative estimate of drug-likeness (QED) is 0.772. The number of ether oxygens (including phenoxy) is 1. The summed E-state index contributed by atoms with van der Waals surface area (Å²) in [4.78, 5) is 20.1. The van der Waals surface area contributed by atoms with E-state index in [0.717, 1.165) is 31.5 Å². The number of hydrogen-bond donors (Lipinski definition) is 0. The lowest BCUT2D eigenvalue weighted by molar-refractivity contribution is -0.149. The van der Waals surface area contributed by atoms with Gasteiger partial charge in [-0.3, -0.25) is 4.79 Å². The Labute approximate surface area is 108 Å². The van der Waals surface area contributed by atoms with Crippen LogP contribution >= 0.6 is 0 Å². The van der Waals surface area contributed by atoms with Gasteiger partial charge in [-0.15, -0.1) is 0 Å². The van der Waals surface area contributed by atoms with Crippen LogP contribution in [-0.4, -0.2) is 22.5 Å². The number of rotatable bonds is 3. The van der Waals surface area contributed by atoms with Crippen molar-refractivity contribution in [2.45, 2.75) is 45.4 Å². The summed E-state index contributed by atoms with van der Waals surface area (Å²) in [6.45, 7) is 4.22. The molecule has 1 fully saturated rings. The highest BCUT2D eigenvalue weighted by Crippen LogP contribution is 2.35. The minimum Gasteiger partial charge on any atom is -0.466 e. The second kappa shape index (κ2) is 5.94. The fourth-order valence-corrected chi connectivity index (χ4v) is 2.54. The van der Waals surface area contributed by atoms with E-state index in [1.165, 1.54) is 5.56 Å². The van der Waals surface area contributed by atoms with E-state index in [-0.39, 0.29) is 11.9 Å². The molecular weight excluding hydrogens is 228 g/mol. The van der Waals surface area contributed by atoms with E-state index in [0.29, 0.717) is 12.5 Å². The maximum atomic E-state index is 11.6. The predicted molar refractivity (Wildman–Crippen MR) is 68.1 cm³/mol. The van der Waals surface area contributed by atoms with Crippen LogP contribution in [-0.2, 0) is 9.53 Å². The second-order valence-electron chi connectivity index (χ2n) is 4.86. The molecular formula is C14H20N2O2. The van der Waals surface area contributed by atoms with Crippen LogP contribution in [0.2, 0.25) is 0 Å². The highest BCUT2D eigenvalue weighted by atomic mass is 16.5. The van der Waals surface area contributed by atoms with Crippen LogP contribution in [0, 0.1) is 12.8 Å². The third-order valence-corrected chi connectivity index (χ3v) is 3.62. The van der Waals surface area contributed by atoms with Crippen LogP contribution in [0.25, 0.3) is 0 Å². The molecule has 18 heavy (non-hydrogen) atoms. The topological polar surface area (TPSA) is 52.1 Å². The molecule has 0 amide bonds. The standard InChI is InChI=1S/C14H20N2O2/c1-3-18-14(17)12-6-4-11(5-7-12)13-8-15-10(2)16-9-13/h8-9,11-12H,3-7H2,1-2H3/t11-,12-. The second-order valence-corrected chi connectivity index (χ2v) is 4.86. The first-order chi connectivity index (χ1) is 8.70. The fraction of sp³-hybridized carbons (Fsp3) is 0.643. The Morgan fingerprint density at radius 2 is 1.89 bits per heavy atom. The molecule has 1 aliphatic carbocycles. The summed E-state index contributed by atoms with van der Waals surface area (Å²) in [6, 6.07) is 0. The summed E-state index contributed by atoms with van der Waals surface area (Å²) >= 11 is 0. The maximum absolute atomic E-state index is 11.6. The lowest BCUT2D eigenvalue weighted by Gasteiger charge is -2.27. The number of carbonyl (C=O) groups excluding carboxylic acids is 1.